The van der Waals surface area contributed by atoms with Gasteiger partial charge in [-0.25, -0.2) is 0 Å². The van der Waals surface area contributed by atoms with Crippen LogP contribution in [0.4, 0.5) is 0 Å². The second kappa shape index (κ2) is 15.9. The molecule has 4 heteroatoms. The molecule has 0 aromatic heterocycles. The van der Waals surface area contributed by atoms with Crippen molar-refractivity contribution in [1.29, 1.82) is 5.26 Å². The van der Waals surface area contributed by atoms with E-state index in [0.29, 0.717) is 0 Å². The van der Waals surface area contributed by atoms with Crippen molar-refractivity contribution in [3.05, 3.63) is 0 Å². The van der Waals surface area contributed by atoms with E-state index in [0.717, 1.165) is 0 Å². The van der Waals surface area contributed by atoms with Crippen LogP contribution in [0.1, 0.15) is 0 Å². The van der Waals surface area contributed by atoms with E-state index >= 15 is 0 Å². The van der Waals surface area contributed by atoms with Gasteiger partial charge in [0.1, 0.15) is 0 Å². The van der Waals surface area contributed by atoms with E-state index in [9.17, 15) is 0 Å². The van der Waals surface area contributed by atoms with Crippen molar-refractivity contribution in [2.75, 3.05) is 0 Å². The van der Waals surface area contributed by atoms with Crippen molar-refractivity contribution in [1.82, 2.24) is 0 Å². The van der Waals surface area contributed by atoms with Crippen LogP contribution in [0.15, 0.2) is 0 Å². The Bertz CT molecular complexity index is 33.1. The Morgan fingerprint density at radius 2 is 1.60 bits per heavy atom. The van der Waals surface area contributed by atoms with E-state index in [1.807, 2.05) is 0 Å². The van der Waals surface area contributed by atoms with E-state index in [1.165, 1.54) is 4.97 Å². The molecule has 0 aliphatic rings. The quantitative estimate of drug-likeness (QED) is 0.532. The molecule has 0 saturated heterocycles. The van der Waals surface area contributed by atoms with Gasteiger partial charge in [-0.3, -0.25) is 0 Å². The Morgan fingerprint density at radius 1 is 1.60 bits per heavy atom. The van der Waals surface area contributed by atoms with Crippen LogP contribution in [0, 0.1) is 45.8 Å². The summed E-state index contributed by atoms with van der Waals surface area (Å²) in [6.45, 7) is 0. The number of hydrogen-bond donors (Lipinski definition) is 0. The molecule has 24 valence electrons. The molecule has 0 bridgehead atoms. The van der Waals surface area contributed by atoms with Gasteiger partial charge in [0.15, 0.2) is 0 Å². The molecule has 0 unspecified atom stereocenters. The molecule has 1 radical (unpaired) electrons. The predicted molar refractivity (Wildman–Crippen MR) is 14.2 cm³/mol. The average Bonchev–Trinajstić information content (AvgIpc) is 0.918. The molecule has 0 N–H and O–H groups in total. The standard InChI is InChI=1S/CN.Fe.La.Sr.2H/c1-2;;;;;. The average molecular weight is 310 g/mol. The van der Waals surface area contributed by atoms with Gasteiger partial charge in [-0.05, 0) is 0 Å². The van der Waals surface area contributed by atoms with Crippen molar-refractivity contribution < 1.29 is 51.6 Å². The third-order valence-electron chi connectivity index (χ3n) is 0. The zero-order chi connectivity index (χ0) is 2.71. The van der Waals surface area contributed by atoms with Crippen LogP contribution < -0.4 is 0 Å². The number of rotatable bonds is 0. The van der Waals surface area contributed by atoms with Gasteiger partial charge in [-0.15, -0.1) is 0 Å². The summed E-state index contributed by atoms with van der Waals surface area (Å²) in [5.41, 5.74) is 0. The molecule has 0 aliphatic heterocycles. The van der Waals surface area contributed by atoms with Crippen LogP contribution >= 0.6 is 0 Å². The molecule has 0 amide bonds. The summed E-state index contributed by atoms with van der Waals surface area (Å²) in [5.74, 6) is 0. The van der Waals surface area contributed by atoms with Gasteiger partial charge in [0, 0.05) is 35.6 Å². The molecule has 0 aromatic rings. The van der Waals surface area contributed by atoms with Gasteiger partial charge < -0.3 is 0 Å². The predicted octanol–water partition coefficient (Wildman–Crippen LogP) is -0.902. The molecule has 0 atom stereocenters. The van der Waals surface area contributed by atoms with Crippen molar-refractivity contribution in [3.63, 3.8) is 0 Å². The molecule has 1 nitrogen and oxygen atoms in total. The molecule has 0 aromatic carbocycles. The van der Waals surface area contributed by atoms with Crippen LogP contribution in [-0.4, -0.2) is 45.5 Å². The Morgan fingerprint density at radius 3 is 1.60 bits per heavy atom. The fraction of sp³-hybridized carbons (Fsp3) is 0. The first-order valence-electron chi connectivity index (χ1n) is 0.400. The van der Waals surface area contributed by atoms with Gasteiger partial charge >= 0.3 is 71.7 Å². The second-order valence-corrected chi connectivity index (χ2v) is 0.326. The molecule has 0 saturated carbocycles. The van der Waals surface area contributed by atoms with E-state index in [4.69, 9.17) is 5.26 Å². The molecular weight excluding hydrogens is 308 g/mol. The van der Waals surface area contributed by atoms with E-state index in [-0.39, 0.29) is 81.1 Å². The maximum absolute atomic E-state index is 7.21. The molecular formula is CH2FeLaNSr. The first kappa shape index (κ1) is 15.6. The fourth-order valence-electron chi connectivity index (χ4n) is 0. The molecule has 0 rings (SSSR count). The minimum atomic E-state index is 0. The zero-order valence-corrected chi connectivity index (χ0v) is 6.61. The maximum atomic E-state index is 7.21. The zero-order valence-electron chi connectivity index (χ0n) is 1.88. The number of hydrogen-bond acceptors (Lipinski definition) is 1. The van der Waals surface area contributed by atoms with Crippen LogP contribution in [0.3, 0.4) is 0 Å². The van der Waals surface area contributed by atoms with Gasteiger partial charge in [0.05, 0.1) is 0 Å². The normalized spacial score (nSPS) is 1.60. The van der Waals surface area contributed by atoms with Crippen LogP contribution in [0.2, 0.25) is 0 Å². The Kier molecular flexibility index (Phi) is 49.8. The molecule has 0 aliphatic carbocycles. The van der Waals surface area contributed by atoms with E-state index in [2.05, 4.69) is 16.0 Å². The SMILES string of the molecule is N#[C][Fe].[La].[SrH2]. The van der Waals surface area contributed by atoms with Crippen LogP contribution in [0.5, 0.6) is 0 Å². The summed E-state index contributed by atoms with van der Waals surface area (Å²) >= 11 is 2.79. The summed E-state index contributed by atoms with van der Waals surface area (Å²) in [7, 11) is 0. The summed E-state index contributed by atoms with van der Waals surface area (Å²) in [6.07, 6.45) is 0. The first-order valence-corrected chi connectivity index (χ1v) is 0.952. The summed E-state index contributed by atoms with van der Waals surface area (Å²) in [4.78, 5) is 1.50. The summed E-state index contributed by atoms with van der Waals surface area (Å²) < 4.78 is 0. The number of nitrogens with zero attached hydrogens (tertiary/aromatic N) is 1. The Balaban J connectivity index is -0.0000000200. The third-order valence-corrected chi connectivity index (χ3v) is 0. The van der Waals surface area contributed by atoms with E-state index in [1.54, 1.807) is 0 Å². The van der Waals surface area contributed by atoms with E-state index < -0.39 is 0 Å². The van der Waals surface area contributed by atoms with Gasteiger partial charge in [0.2, 0.25) is 0 Å². The first-order chi connectivity index (χ1) is 1.41. The minimum absolute atomic E-state index is 0. The number of nitriles is 1. The molecule has 0 fully saturated rings. The topological polar surface area (TPSA) is 23.8 Å². The molecule has 5 heavy (non-hydrogen) atoms. The molecule has 0 spiro atoms. The fourth-order valence-corrected chi connectivity index (χ4v) is 0. The van der Waals surface area contributed by atoms with Crippen LogP contribution in [-0.2, 0) is 16.0 Å². The monoisotopic (exact) mass is 311 g/mol. The molecule has 0 heterocycles. The summed E-state index contributed by atoms with van der Waals surface area (Å²) in [6, 6.07) is 0. The Labute approximate surface area is 105 Å². The van der Waals surface area contributed by atoms with Crippen molar-refractivity contribution in [3.8, 4) is 4.97 Å². The Hall–Kier alpha value is 2.68. The van der Waals surface area contributed by atoms with Crippen molar-refractivity contribution in [2.24, 2.45) is 0 Å². The van der Waals surface area contributed by atoms with Crippen LogP contribution in [0.25, 0.3) is 0 Å². The second-order valence-electron chi connectivity index (χ2n) is 0.0791. The van der Waals surface area contributed by atoms with Crippen molar-refractivity contribution >= 4 is 45.5 Å². The van der Waals surface area contributed by atoms with Gasteiger partial charge in [-0.2, -0.15) is 0 Å². The van der Waals surface area contributed by atoms with Crippen molar-refractivity contribution in [2.45, 2.75) is 0 Å². The third kappa shape index (κ3) is 20.4. The van der Waals surface area contributed by atoms with Gasteiger partial charge in [0.25, 0.3) is 0 Å². The van der Waals surface area contributed by atoms with Gasteiger partial charge in [-0.1, -0.05) is 0 Å². The summed E-state index contributed by atoms with van der Waals surface area (Å²) in [5, 5.41) is 7.21.